The molecule has 210 valence electrons. The van der Waals surface area contributed by atoms with E-state index in [0.29, 0.717) is 30.4 Å². The van der Waals surface area contributed by atoms with Crippen molar-refractivity contribution in [3.63, 3.8) is 0 Å². The molecular formula is C26H24F4N6O4. The van der Waals surface area contributed by atoms with Gasteiger partial charge >= 0.3 is 12.2 Å². The summed E-state index contributed by atoms with van der Waals surface area (Å²) in [4.78, 5) is 41.4. The van der Waals surface area contributed by atoms with Gasteiger partial charge in [0.25, 0.3) is 0 Å². The third-order valence-corrected chi connectivity index (χ3v) is 6.00. The molecule has 2 N–H and O–H groups in total. The summed E-state index contributed by atoms with van der Waals surface area (Å²) in [6.07, 6.45) is 0.987. The van der Waals surface area contributed by atoms with Crippen LogP contribution in [0, 0.1) is 11.2 Å². The summed E-state index contributed by atoms with van der Waals surface area (Å²) >= 11 is 0. The normalized spacial score (nSPS) is 17.1. The second-order valence-electron chi connectivity index (χ2n) is 8.90. The summed E-state index contributed by atoms with van der Waals surface area (Å²) < 4.78 is 63.4. The van der Waals surface area contributed by atoms with Crippen LogP contribution in [-0.4, -0.2) is 53.3 Å². The van der Waals surface area contributed by atoms with Crippen LogP contribution in [0.15, 0.2) is 53.9 Å². The number of ether oxygens (including phenoxy) is 2. The number of halogens is 4. The summed E-state index contributed by atoms with van der Waals surface area (Å²) in [7, 11) is 1.42. The van der Waals surface area contributed by atoms with E-state index in [4.69, 9.17) is 9.47 Å². The molecule has 0 aliphatic carbocycles. The lowest BCUT2D eigenvalue weighted by molar-refractivity contribution is -0.137. The third kappa shape index (κ3) is 7.14. The highest BCUT2D eigenvalue weighted by Gasteiger charge is 2.41. The topological polar surface area (TPSA) is 128 Å². The average Bonchev–Trinajstić information content (AvgIpc) is 3.42. The summed E-state index contributed by atoms with van der Waals surface area (Å²) in [5, 5.41) is 5.33. The molecule has 1 aliphatic rings. The molecule has 3 heterocycles. The Labute approximate surface area is 225 Å². The minimum Gasteiger partial charge on any atom is -0.467 e. The molecule has 1 fully saturated rings. The zero-order valence-electron chi connectivity index (χ0n) is 21.2. The van der Waals surface area contributed by atoms with Gasteiger partial charge in [0.1, 0.15) is 11.2 Å². The SMILES string of the molecule is COc1ncc(CC(=O)N=C[C@@]2(C(=O)NCc3ccc(Nc4ccc(F)cc4C(F)(F)F)cn3)CCOC2)cn1. The summed E-state index contributed by atoms with van der Waals surface area (Å²) in [6, 6.07) is 5.49. The van der Waals surface area contributed by atoms with Gasteiger partial charge in [0.05, 0.1) is 55.5 Å². The number of amides is 2. The Morgan fingerprint density at radius 3 is 2.55 bits per heavy atom. The van der Waals surface area contributed by atoms with Gasteiger partial charge < -0.3 is 20.1 Å². The van der Waals surface area contributed by atoms with Crippen LogP contribution < -0.4 is 15.4 Å². The summed E-state index contributed by atoms with van der Waals surface area (Å²) in [5.41, 5.74) is -1.43. The van der Waals surface area contributed by atoms with Crippen molar-refractivity contribution in [1.82, 2.24) is 20.3 Å². The molecule has 1 saturated heterocycles. The van der Waals surface area contributed by atoms with E-state index < -0.39 is 34.8 Å². The van der Waals surface area contributed by atoms with Crippen molar-refractivity contribution >= 4 is 29.4 Å². The Morgan fingerprint density at radius 1 is 1.15 bits per heavy atom. The Morgan fingerprint density at radius 2 is 1.93 bits per heavy atom. The number of anilines is 2. The number of carbonyl (C=O) groups excluding carboxylic acids is 2. The van der Waals surface area contributed by atoms with Crippen LogP contribution in [-0.2, 0) is 33.5 Å². The number of aliphatic imine (C=N–C) groups is 1. The van der Waals surface area contributed by atoms with Gasteiger partial charge in [0.2, 0.25) is 11.8 Å². The Balaban J connectivity index is 1.36. The number of rotatable bonds is 9. The minimum absolute atomic E-state index is 0.0101. The number of hydrogen-bond acceptors (Lipinski definition) is 8. The van der Waals surface area contributed by atoms with Crippen molar-refractivity contribution in [2.75, 3.05) is 25.6 Å². The molecule has 10 nitrogen and oxygen atoms in total. The van der Waals surface area contributed by atoms with Gasteiger partial charge in [-0.05, 0) is 42.3 Å². The van der Waals surface area contributed by atoms with Gasteiger partial charge in [-0.3, -0.25) is 14.6 Å². The third-order valence-electron chi connectivity index (χ3n) is 6.00. The molecule has 0 unspecified atom stereocenters. The maximum absolute atomic E-state index is 13.3. The van der Waals surface area contributed by atoms with Gasteiger partial charge in [0, 0.05) is 25.2 Å². The first-order valence-electron chi connectivity index (χ1n) is 12.0. The smallest absolute Gasteiger partial charge is 0.418 e. The van der Waals surface area contributed by atoms with Crippen molar-refractivity contribution in [3.8, 4) is 6.01 Å². The molecule has 2 amide bonds. The fourth-order valence-corrected chi connectivity index (χ4v) is 3.84. The number of carbonyl (C=O) groups is 2. The Bertz CT molecular complexity index is 1380. The molecule has 0 bridgehead atoms. The lowest BCUT2D eigenvalue weighted by Crippen LogP contribution is -2.42. The second-order valence-corrected chi connectivity index (χ2v) is 8.90. The Kier molecular flexibility index (Phi) is 8.67. The fraction of sp³-hybridized carbons (Fsp3) is 0.308. The van der Waals surface area contributed by atoms with Crippen molar-refractivity contribution in [3.05, 3.63) is 71.6 Å². The van der Waals surface area contributed by atoms with Crippen LogP contribution in [0.2, 0.25) is 0 Å². The monoisotopic (exact) mass is 560 g/mol. The van der Waals surface area contributed by atoms with Crippen molar-refractivity contribution in [2.45, 2.75) is 25.6 Å². The molecule has 0 radical (unpaired) electrons. The quantitative estimate of drug-likeness (QED) is 0.300. The first kappa shape index (κ1) is 28.5. The van der Waals surface area contributed by atoms with Gasteiger partial charge in [-0.25, -0.2) is 19.4 Å². The van der Waals surface area contributed by atoms with Gasteiger partial charge in [-0.15, -0.1) is 0 Å². The largest absolute Gasteiger partial charge is 0.467 e. The lowest BCUT2D eigenvalue weighted by atomic mass is 9.87. The van der Waals surface area contributed by atoms with Crippen molar-refractivity contribution in [1.29, 1.82) is 0 Å². The van der Waals surface area contributed by atoms with Crippen LogP contribution in [0.3, 0.4) is 0 Å². The van der Waals surface area contributed by atoms with E-state index >= 15 is 0 Å². The molecule has 1 aromatic carbocycles. The molecule has 3 aromatic rings. The fourth-order valence-electron chi connectivity index (χ4n) is 3.84. The number of pyridine rings is 1. The maximum Gasteiger partial charge on any atom is 0.418 e. The molecule has 1 aliphatic heterocycles. The predicted octanol–water partition coefficient (Wildman–Crippen LogP) is 3.64. The zero-order valence-corrected chi connectivity index (χ0v) is 21.2. The highest BCUT2D eigenvalue weighted by Crippen LogP contribution is 2.36. The highest BCUT2D eigenvalue weighted by atomic mass is 19.4. The molecule has 1 atom stereocenters. The second kappa shape index (κ2) is 12.2. The van der Waals surface area contributed by atoms with Crippen LogP contribution in [0.5, 0.6) is 6.01 Å². The van der Waals surface area contributed by atoms with Crippen LogP contribution in [0.4, 0.5) is 28.9 Å². The van der Waals surface area contributed by atoms with E-state index in [1.807, 2.05) is 0 Å². The number of alkyl halides is 3. The number of hydrogen-bond donors (Lipinski definition) is 2. The maximum atomic E-state index is 13.3. The van der Waals surface area contributed by atoms with Gasteiger partial charge in [0.15, 0.2) is 0 Å². The number of nitrogens with zero attached hydrogens (tertiary/aromatic N) is 4. The lowest BCUT2D eigenvalue weighted by Gasteiger charge is -2.21. The number of nitrogens with one attached hydrogen (secondary N) is 2. The number of aromatic nitrogens is 3. The van der Waals surface area contributed by atoms with Crippen LogP contribution >= 0.6 is 0 Å². The van der Waals surface area contributed by atoms with E-state index in [-0.39, 0.29) is 37.0 Å². The molecule has 14 heteroatoms. The van der Waals surface area contributed by atoms with E-state index in [2.05, 4.69) is 30.6 Å². The van der Waals surface area contributed by atoms with Gasteiger partial charge in [-0.1, -0.05) is 0 Å². The molecule has 0 saturated carbocycles. The molecule has 40 heavy (non-hydrogen) atoms. The van der Waals surface area contributed by atoms with Crippen molar-refractivity contribution in [2.24, 2.45) is 10.4 Å². The Hall–Kier alpha value is -4.46. The molecular weight excluding hydrogens is 536 g/mol. The number of benzene rings is 1. The average molecular weight is 561 g/mol. The summed E-state index contributed by atoms with van der Waals surface area (Å²) in [5.74, 6) is -1.92. The van der Waals surface area contributed by atoms with E-state index in [9.17, 15) is 27.2 Å². The van der Waals surface area contributed by atoms with Gasteiger partial charge in [-0.2, -0.15) is 13.2 Å². The highest BCUT2D eigenvalue weighted by molar-refractivity contribution is 6.02. The molecule has 0 spiro atoms. The number of methoxy groups -OCH3 is 1. The van der Waals surface area contributed by atoms with E-state index in [1.165, 1.54) is 44.0 Å². The van der Waals surface area contributed by atoms with Crippen LogP contribution in [0.25, 0.3) is 0 Å². The van der Waals surface area contributed by atoms with E-state index in [0.717, 1.165) is 12.1 Å². The summed E-state index contributed by atoms with van der Waals surface area (Å²) in [6.45, 7) is 0.356. The van der Waals surface area contributed by atoms with Crippen molar-refractivity contribution < 1.29 is 36.6 Å². The molecule has 2 aromatic heterocycles. The first-order chi connectivity index (χ1) is 19.1. The minimum atomic E-state index is -4.75. The van der Waals surface area contributed by atoms with Crippen LogP contribution in [0.1, 0.15) is 23.2 Å². The first-order valence-corrected chi connectivity index (χ1v) is 12.0. The molecule has 4 rings (SSSR count). The van der Waals surface area contributed by atoms with E-state index in [1.54, 1.807) is 0 Å². The zero-order chi connectivity index (χ0) is 28.8. The predicted molar refractivity (Wildman–Crippen MR) is 134 cm³/mol. The standard InChI is InChI=1S/C26H24F4N6O4/c1-39-24-33-10-16(11-34-24)8-22(37)35-14-25(6-7-40-15-25)23(38)32-12-18-3-4-19(13-31-18)36-21-5-2-17(27)9-20(21)26(28,29)30/h2-5,9-11,13-14,36H,6-8,12,15H2,1H3,(H,32,38)/t25-/m0/s1.